The minimum absolute atomic E-state index is 0.0121. The van der Waals surface area contributed by atoms with Gasteiger partial charge >= 0.3 is 12.1 Å². The van der Waals surface area contributed by atoms with Crippen molar-refractivity contribution in [3.63, 3.8) is 0 Å². The molecule has 0 radical (unpaired) electrons. The average molecular weight is 395 g/mol. The van der Waals surface area contributed by atoms with Gasteiger partial charge in [-0.25, -0.2) is 9.59 Å². The fraction of sp³-hybridized carbons (Fsp3) is 0.579. The van der Waals surface area contributed by atoms with Gasteiger partial charge in [-0.15, -0.1) is 0 Å². The van der Waals surface area contributed by atoms with Crippen molar-refractivity contribution < 1.29 is 24.4 Å². The van der Waals surface area contributed by atoms with Gasteiger partial charge in [0, 0.05) is 12.6 Å². The van der Waals surface area contributed by atoms with Crippen LogP contribution in [0.5, 0.6) is 0 Å². The molecule has 0 saturated carbocycles. The number of ether oxygens (including phenoxy) is 1. The van der Waals surface area contributed by atoms with Crippen LogP contribution in [0.2, 0.25) is 0 Å². The second-order valence-electron chi connectivity index (χ2n) is 7.67. The number of aliphatic carboxylic acids is 1. The van der Waals surface area contributed by atoms with Crippen molar-refractivity contribution in [2.24, 2.45) is 0 Å². The standard InChI is InChI=1S/C19H29N3O6/c1-12-10-15(16(22(26)27)11-13(12)2)20-9-7-6-8-14(17(23)24)21-18(25)28-19(3,4)5/h10-11,14,20H,6-9H2,1-5H3,(H,21,25)(H,23,24)/t14-/m0/s1. The summed E-state index contributed by atoms with van der Waals surface area (Å²) in [5.74, 6) is -1.14. The Kier molecular flexibility index (Phi) is 8.21. The molecule has 0 aliphatic carbocycles. The zero-order chi connectivity index (χ0) is 21.5. The lowest BCUT2D eigenvalue weighted by Crippen LogP contribution is -2.43. The van der Waals surface area contributed by atoms with E-state index in [1.807, 2.05) is 13.8 Å². The third-order valence-electron chi connectivity index (χ3n) is 4.03. The Bertz CT molecular complexity index is 727. The lowest BCUT2D eigenvalue weighted by atomic mass is 10.1. The molecule has 9 heteroatoms. The van der Waals surface area contributed by atoms with E-state index in [2.05, 4.69) is 10.6 Å². The third-order valence-corrected chi connectivity index (χ3v) is 4.03. The summed E-state index contributed by atoms with van der Waals surface area (Å²) in [4.78, 5) is 33.8. The molecule has 0 fully saturated rings. The van der Waals surface area contributed by atoms with Gasteiger partial charge in [0.25, 0.3) is 5.69 Å². The van der Waals surface area contributed by atoms with Crippen molar-refractivity contribution in [3.05, 3.63) is 33.4 Å². The summed E-state index contributed by atoms with van der Waals surface area (Å²) < 4.78 is 5.07. The first-order chi connectivity index (χ1) is 12.9. The Morgan fingerprint density at radius 3 is 2.36 bits per heavy atom. The van der Waals surface area contributed by atoms with E-state index in [1.165, 1.54) is 6.07 Å². The van der Waals surface area contributed by atoms with Crippen molar-refractivity contribution >= 4 is 23.4 Å². The minimum Gasteiger partial charge on any atom is -0.480 e. The van der Waals surface area contributed by atoms with Crippen LogP contribution in [0.25, 0.3) is 0 Å². The maximum atomic E-state index is 11.7. The molecular weight excluding hydrogens is 366 g/mol. The fourth-order valence-corrected chi connectivity index (χ4v) is 2.50. The number of carbonyl (C=O) groups excluding carboxylic acids is 1. The van der Waals surface area contributed by atoms with Crippen LogP contribution < -0.4 is 10.6 Å². The SMILES string of the molecule is Cc1cc(NCCCC[C@H](NC(=O)OC(C)(C)C)C(=O)O)c([N+](=O)[O-])cc1C. The van der Waals surface area contributed by atoms with Gasteiger partial charge in [0.1, 0.15) is 17.3 Å². The van der Waals surface area contributed by atoms with Crippen molar-refractivity contribution in [1.29, 1.82) is 0 Å². The number of carboxylic acid groups (broad SMARTS) is 1. The molecule has 0 aliphatic heterocycles. The number of anilines is 1. The molecule has 1 aromatic rings. The van der Waals surface area contributed by atoms with E-state index in [-0.39, 0.29) is 12.1 Å². The number of nitro benzene ring substituents is 1. The third kappa shape index (κ3) is 7.81. The van der Waals surface area contributed by atoms with Gasteiger partial charge in [-0.1, -0.05) is 0 Å². The number of aryl methyl sites for hydroxylation is 2. The number of rotatable bonds is 9. The van der Waals surface area contributed by atoms with E-state index in [4.69, 9.17) is 4.74 Å². The predicted molar refractivity (Wildman–Crippen MR) is 106 cm³/mol. The number of alkyl carbamates (subject to hydrolysis) is 1. The highest BCUT2D eigenvalue weighted by Gasteiger charge is 2.23. The summed E-state index contributed by atoms with van der Waals surface area (Å²) in [6.07, 6.45) is 0.553. The van der Waals surface area contributed by atoms with Gasteiger partial charge in [0.2, 0.25) is 0 Å². The molecule has 0 saturated heterocycles. The number of benzene rings is 1. The highest BCUT2D eigenvalue weighted by molar-refractivity contribution is 5.79. The molecule has 1 aromatic carbocycles. The molecule has 9 nitrogen and oxygen atoms in total. The van der Waals surface area contributed by atoms with Gasteiger partial charge in [0.15, 0.2) is 0 Å². The Hall–Kier alpha value is -2.84. The van der Waals surface area contributed by atoms with E-state index in [9.17, 15) is 24.8 Å². The summed E-state index contributed by atoms with van der Waals surface area (Å²) in [7, 11) is 0. The van der Waals surface area contributed by atoms with Crippen molar-refractivity contribution in [2.45, 2.75) is 65.5 Å². The van der Waals surface area contributed by atoms with E-state index in [0.717, 1.165) is 11.1 Å². The van der Waals surface area contributed by atoms with Crippen LogP contribution in [0.3, 0.4) is 0 Å². The van der Waals surface area contributed by atoms with Crippen LogP contribution in [0.1, 0.15) is 51.2 Å². The number of nitrogens with one attached hydrogen (secondary N) is 2. The summed E-state index contributed by atoms with van der Waals surface area (Å²) >= 11 is 0. The smallest absolute Gasteiger partial charge is 0.408 e. The van der Waals surface area contributed by atoms with Gasteiger partial charge in [0.05, 0.1) is 4.92 Å². The Morgan fingerprint density at radius 1 is 1.21 bits per heavy atom. The lowest BCUT2D eigenvalue weighted by Gasteiger charge is -2.22. The topological polar surface area (TPSA) is 131 Å². The first-order valence-corrected chi connectivity index (χ1v) is 9.12. The van der Waals surface area contributed by atoms with Crippen LogP contribution in [0.15, 0.2) is 12.1 Å². The number of carboxylic acids is 1. The monoisotopic (exact) mass is 395 g/mol. The Labute approximate surface area is 164 Å². The zero-order valence-corrected chi connectivity index (χ0v) is 17.0. The fourth-order valence-electron chi connectivity index (χ4n) is 2.50. The molecule has 1 atom stereocenters. The summed E-state index contributed by atoms with van der Waals surface area (Å²) in [5.41, 5.74) is 1.53. The van der Waals surface area contributed by atoms with E-state index in [0.29, 0.717) is 25.1 Å². The molecule has 1 amide bonds. The van der Waals surface area contributed by atoms with Crippen molar-refractivity contribution in [2.75, 3.05) is 11.9 Å². The largest absolute Gasteiger partial charge is 0.480 e. The second kappa shape index (κ2) is 9.91. The van der Waals surface area contributed by atoms with Crippen LogP contribution >= 0.6 is 0 Å². The molecule has 0 aromatic heterocycles. The number of carbonyl (C=O) groups is 2. The molecule has 156 valence electrons. The molecule has 0 unspecified atom stereocenters. The van der Waals surface area contributed by atoms with Crippen LogP contribution in [0.4, 0.5) is 16.2 Å². The van der Waals surface area contributed by atoms with Gasteiger partial charge in [-0.3, -0.25) is 10.1 Å². The molecule has 0 bridgehead atoms. The average Bonchev–Trinajstić information content (AvgIpc) is 2.54. The minimum atomic E-state index is -1.14. The van der Waals surface area contributed by atoms with E-state index < -0.39 is 28.6 Å². The number of unbranched alkanes of at least 4 members (excludes halogenated alkanes) is 1. The maximum absolute atomic E-state index is 11.7. The number of nitro groups is 1. The Morgan fingerprint density at radius 2 is 1.82 bits per heavy atom. The van der Waals surface area contributed by atoms with Gasteiger partial charge < -0.3 is 20.5 Å². The number of nitrogens with zero attached hydrogens (tertiary/aromatic N) is 1. The second-order valence-corrected chi connectivity index (χ2v) is 7.67. The van der Waals surface area contributed by atoms with E-state index in [1.54, 1.807) is 26.8 Å². The van der Waals surface area contributed by atoms with Gasteiger partial charge in [-0.05, 0) is 71.1 Å². The van der Waals surface area contributed by atoms with Crippen LogP contribution in [-0.2, 0) is 9.53 Å². The zero-order valence-electron chi connectivity index (χ0n) is 17.0. The number of hydrogen-bond acceptors (Lipinski definition) is 6. The molecular formula is C19H29N3O6. The maximum Gasteiger partial charge on any atom is 0.408 e. The summed E-state index contributed by atoms with van der Waals surface area (Å²) in [5, 5.41) is 25.8. The normalized spacial score (nSPS) is 12.2. The lowest BCUT2D eigenvalue weighted by molar-refractivity contribution is -0.384. The highest BCUT2D eigenvalue weighted by Crippen LogP contribution is 2.27. The number of hydrogen-bond donors (Lipinski definition) is 3. The molecule has 1 rings (SSSR count). The van der Waals surface area contributed by atoms with Crippen LogP contribution in [0, 0.1) is 24.0 Å². The highest BCUT2D eigenvalue weighted by atomic mass is 16.6. The van der Waals surface area contributed by atoms with Crippen molar-refractivity contribution in [3.8, 4) is 0 Å². The first kappa shape index (κ1) is 23.2. The van der Waals surface area contributed by atoms with Crippen molar-refractivity contribution in [1.82, 2.24) is 5.32 Å². The molecule has 0 spiro atoms. The van der Waals surface area contributed by atoms with Gasteiger partial charge in [-0.2, -0.15) is 0 Å². The summed E-state index contributed by atoms with van der Waals surface area (Å²) in [6, 6.07) is 2.21. The Balaban J connectivity index is 2.53. The molecule has 0 aliphatic rings. The molecule has 0 heterocycles. The van der Waals surface area contributed by atoms with E-state index >= 15 is 0 Å². The molecule has 3 N–H and O–H groups in total. The number of amides is 1. The first-order valence-electron chi connectivity index (χ1n) is 9.12. The molecule has 28 heavy (non-hydrogen) atoms. The quantitative estimate of drug-likeness (QED) is 0.329. The predicted octanol–water partition coefficient (Wildman–Crippen LogP) is 3.77. The van der Waals surface area contributed by atoms with Crippen LogP contribution in [-0.4, -0.2) is 40.3 Å². The summed E-state index contributed by atoms with van der Waals surface area (Å²) in [6.45, 7) is 9.22.